The van der Waals surface area contributed by atoms with Crippen molar-refractivity contribution < 1.29 is 13.9 Å². The SMILES string of the molecule is ClC(c1ccc2c(c1)OCCO2)c1ccc(Br)o1. The minimum atomic E-state index is -0.341. The molecule has 1 atom stereocenters. The number of benzene rings is 1. The maximum absolute atomic E-state index is 6.38. The Morgan fingerprint density at radius 1 is 1.06 bits per heavy atom. The summed E-state index contributed by atoms with van der Waals surface area (Å²) in [6.07, 6.45) is 0. The molecule has 1 aromatic heterocycles. The van der Waals surface area contributed by atoms with Gasteiger partial charge in [-0.1, -0.05) is 6.07 Å². The van der Waals surface area contributed by atoms with Gasteiger partial charge in [0.2, 0.25) is 0 Å². The Balaban J connectivity index is 1.92. The van der Waals surface area contributed by atoms with Crippen LogP contribution < -0.4 is 9.47 Å². The van der Waals surface area contributed by atoms with Gasteiger partial charge in [-0.15, -0.1) is 11.6 Å². The molecule has 0 spiro atoms. The van der Waals surface area contributed by atoms with Gasteiger partial charge in [0.25, 0.3) is 0 Å². The lowest BCUT2D eigenvalue weighted by molar-refractivity contribution is 0.171. The van der Waals surface area contributed by atoms with Crippen LogP contribution in [-0.2, 0) is 0 Å². The smallest absolute Gasteiger partial charge is 0.169 e. The first-order chi connectivity index (χ1) is 8.74. The Labute approximate surface area is 118 Å². The number of ether oxygens (including phenoxy) is 2. The highest BCUT2D eigenvalue weighted by Gasteiger charge is 2.18. The Kier molecular flexibility index (Phi) is 3.22. The number of hydrogen-bond acceptors (Lipinski definition) is 3. The first-order valence-electron chi connectivity index (χ1n) is 5.53. The number of halogens is 2. The summed E-state index contributed by atoms with van der Waals surface area (Å²) in [5, 5.41) is -0.341. The van der Waals surface area contributed by atoms with Crippen molar-refractivity contribution in [3.05, 3.63) is 46.3 Å². The average Bonchev–Trinajstić information content (AvgIpc) is 2.84. The number of hydrogen-bond donors (Lipinski definition) is 0. The van der Waals surface area contributed by atoms with Gasteiger partial charge in [0.05, 0.1) is 0 Å². The third-order valence-electron chi connectivity index (χ3n) is 2.70. The Bertz CT molecular complexity index is 567. The van der Waals surface area contributed by atoms with Crippen LogP contribution in [0.4, 0.5) is 0 Å². The summed E-state index contributed by atoms with van der Waals surface area (Å²) in [4.78, 5) is 0. The molecule has 0 radical (unpaired) electrons. The predicted octanol–water partition coefficient (Wildman–Crippen LogP) is 4.14. The molecule has 0 bridgehead atoms. The summed E-state index contributed by atoms with van der Waals surface area (Å²) >= 11 is 9.64. The molecule has 0 aliphatic carbocycles. The van der Waals surface area contributed by atoms with Crippen molar-refractivity contribution in [2.45, 2.75) is 5.38 Å². The van der Waals surface area contributed by atoms with E-state index in [4.69, 9.17) is 25.5 Å². The van der Waals surface area contributed by atoms with E-state index in [1.54, 1.807) is 0 Å². The minimum absolute atomic E-state index is 0.341. The molecule has 1 aliphatic rings. The highest BCUT2D eigenvalue weighted by Crippen LogP contribution is 2.37. The molecule has 94 valence electrons. The Hall–Kier alpha value is -1.13. The van der Waals surface area contributed by atoms with Gasteiger partial charge in [0, 0.05) is 0 Å². The fourth-order valence-electron chi connectivity index (χ4n) is 1.85. The number of rotatable bonds is 2. The maximum Gasteiger partial charge on any atom is 0.169 e. The largest absolute Gasteiger partial charge is 0.486 e. The van der Waals surface area contributed by atoms with E-state index in [-0.39, 0.29) is 5.38 Å². The van der Waals surface area contributed by atoms with Gasteiger partial charge < -0.3 is 13.9 Å². The van der Waals surface area contributed by atoms with Gasteiger partial charge in [0.1, 0.15) is 24.4 Å². The molecule has 3 rings (SSSR count). The standard InChI is InChI=1S/C13H10BrClO3/c14-12-4-3-10(18-12)13(15)8-1-2-9-11(7-8)17-6-5-16-9/h1-4,7,13H,5-6H2. The fraction of sp³-hybridized carbons (Fsp3) is 0.231. The Morgan fingerprint density at radius 2 is 1.83 bits per heavy atom. The van der Waals surface area contributed by atoms with E-state index in [1.165, 1.54) is 0 Å². The van der Waals surface area contributed by atoms with Crippen molar-refractivity contribution in [2.24, 2.45) is 0 Å². The third-order valence-corrected chi connectivity index (χ3v) is 3.60. The van der Waals surface area contributed by atoms with Crippen molar-refractivity contribution >= 4 is 27.5 Å². The van der Waals surface area contributed by atoms with Crippen LogP contribution in [0.1, 0.15) is 16.7 Å². The lowest BCUT2D eigenvalue weighted by atomic mass is 10.1. The second-order valence-electron chi connectivity index (χ2n) is 3.91. The monoisotopic (exact) mass is 328 g/mol. The van der Waals surface area contributed by atoms with Crippen LogP contribution in [-0.4, -0.2) is 13.2 Å². The number of fused-ring (bicyclic) bond motifs is 1. The first kappa shape index (κ1) is 11.9. The molecular weight excluding hydrogens is 319 g/mol. The molecule has 1 aliphatic heterocycles. The molecule has 0 N–H and O–H groups in total. The lowest BCUT2D eigenvalue weighted by Gasteiger charge is -2.19. The van der Waals surface area contributed by atoms with Crippen LogP contribution in [0.3, 0.4) is 0 Å². The molecule has 0 saturated heterocycles. The third kappa shape index (κ3) is 2.22. The van der Waals surface area contributed by atoms with Gasteiger partial charge >= 0.3 is 0 Å². The zero-order chi connectivity index (χ0) is 12.5. The van der Waals surface area contributed by atoms with E-state index in [2.05, 4.69) is 15.9 Å². The van der Waals surface area contributed by atoms with Gasteiger partial charge in [0.15, 0.2) is 16.2 Å². The molecule has 18 heavy (non-hydrogen) atoms. The second-order valence-corrected chi connectivity index (χ2v) is 5.13. The number of furan rings is 1. The van der Waals surface area contributed by atoms with Crippen LogP contribution in [0.5, 0.6) is 11.5 Å². The van der Waals surface area contributed by atoms with Gasteiger partial charge in [-0.2, -0.15) is 0 Å². The molecule has 2 aromatic rings. The summed E-state index contributed by atoms with van der Waals surface area (Å²) in [6.45, 7) is 1.15. The molecule has 0 fully saturated rings. The normalized spacial score (nSPS) is 15.4. The number of alkyl halides is 1. The van der Waals surface area contributed by atoms with E-state index >= 15 is 0 Å². The van der Waals surface area contributed by atoms with Crippen LogP contribution >= 0.6 is 27.5 Å². The molecule has 1 aromatic carbocycles. The van der Waals surface area contributed by atoms with Crippen molar-refractivity contribution in [3.63, 3.8) is 0 Å². The summed E-state index contributed by atoms with van der Waals surface area (Å²) in [5.74, 6) is 2.18. The minimum Gasteiger partial charge on any atom is -0.486 e. The van der Waals surface area contributed by atoms with E-state index in [1.807, 2.05) is 30.3 Å². The van der Waals surface area contributed by atoms with Crippen LogP contribution in [0.15, 0.2) is 39.4 Å². The Morgan fingerprint density at radius 3 is 2.56 bits per heavy atom. The summed E-state index contributed by atoms with van der Waals surface area (Å²) in [7, 11) is 0. The topological polar surface area (TPSA) is 31.6 Å². The van der Waals surface area contributed by atoms with E-state index in [9.17, 15) is 0 Å². The maximum atomic E-state index is 6.38. The molecule has 0 saturated carbocycles. The molecule has 5 heteroatoms. The molecule has 0 amide bonds. The quantitative estimate of drug-likeness (QED) is 0.776. The van der Waals surface area contributed by atoms with E-state index < -0.39 is 0 Å². The molecule has 1 unspecified atom stereocenters. The molecule has 3 nitrogen and oxygen atoms in total. The van der Waals surface area contributed by atoms with Gasteiger partial charge in [-0.3, -0.25) is 0 Å². The predicted molar refractivity (Wildman–Crippen MR) is 71.5 cm³/mol. The van der Waals surface area contributed by atoms with Gasteiger partial charge in [-0.25, -0.2) is 0 Å². The highest BCUT2D eigenvalue weighted by atomic mass is 79.9. The zero-order valence-corrected chi connectivity index (χ0v) is 11.7. The second kappa shape index (κ2) is 4.86. The summed E-state index contributed by atoms with van der Waals surface area (Å²) in [5.41, 5.74) is 0.919. The van der Waals surface area contributed by atoms with Gasteiger partial charge in [-0.05, 0) is 45.8 Å². The van der Waals surface area contributed by atoms with Crippen molar-refractivity contribution in [1.29, 1.82) is 0 Å². The first-order valence-corrected chi connectivity index (χ1v) is 6.76. The van der Waals surface area contributed by atoms with E-state index in [0.717, 1.165) is 17.1 Å². The highest BCUT2D eigenvalue weighted by molar-refractivity contribution is 9.10. The molecule has 2 heterocycles. The van der Waals surface area contributed by atoms with E-state index in [0.29, 0.717) is 23.6 Å². The van der Waals surface area contributed by atoms with Crippen molar-refractivity contribution in [2.75, 3.05) is 13.2 Å². The van der Waals surface area contributed by atoms with Crippen molar-refractivity contribution in [3.8, 4) is 11.5 Å². The zero-order valence-electron chi connectivity index (χ0n) is 9.36. The van der Waals surface area contributed by atoms with Crippen molar-refractivity contribution in [1.82, 2.24) is 0 Å². The van der Waals surface area contributed by atoms with Crippen LogP contribution in [0.2, 0.25) is 0 Å². The van der Waals surface area contributed by atoms with Crippen LogP contribution in [0, 0.1) is 0 Å². The molecular formula is C13H10BrClO3. The average molecular weight is 330 g/mol. The summed E-state index contributed by atoms with van der Waals surface area (Å²) < 4.78 is 17.1. The summed E-state index contributed by atoms with van der Waals surface area (Å²) in [6, 6.07) is 9.35. The fourth-order valence-corrected chi connectivity index (χ4v) is 2.42. The lowest BCUT2D eigenvalue weighted by Crippen LogP contribution is -2.15. The van der Waals surface area contributed by atoms with Crippen LogP contribution in [0.25, 0.3) is 0 Å².